The summed E-state index contributed by atoms with van der Waals surface area (Å²) in [5.41, 5.74) is 1.45. The van der Waals surface area contributed by atoms with Crippen LogP contribution in [0.4, 0.5) is 0 Å². The first-order valence-electron chi connectivity index (χ1n) is 7.14. The molecule has 5 nitrogen and oxygen atoms in total. The predicted octanol–water partition coefficient (Wildman–Crippen LogP) is 3.08. The number of hydrogen-bond donors (Lipinski definition) is 2. The van der Waals surface area contributed by atoms with E-state index < -0.39 is 0 Å². The van der Waals surface area contributed by atoms with Gasteiger partial charge in [0.15, 0.2) is 0 Å². The van der Waals surface area contributed by atoms with Crippen molar-refractivity contribution >= 4 is 28.4 Å². The van der Waals surface area contributed by atoms with Crippen LogP contribution in [0.3, 0.4) is 0 Å². The molecule has 0 saturated heterocycles. The fourth-order valence-corrected chi connectivity index (χ4v) is 2.59. The second-order valence-corrected chi connectivity index (χ2v) is 5.93. The van der Waals surface area contributed by atoms with Gasteiger partial charge in [-0.1, -0.05) is 18.5 Å². The zero-order chi connectivity index (χ0) is 15.5. The minimum Gasteiger partial charge on any atom is -0.351 e. The Balaban J connectivity index is 1.60. The van der Waals surface area contributed by atoms with Gasteiger partial charge in [0.2, 0.25) is 0 Å². The van der Waals surface area contributed by atoms with Gasteiger partial charge in [0.25, 0.3) is 5.91 Å². The van der Waals surface area contributed by atoms with Crippen LogP contribution < -0.4 is 5.32 Å². The van der Waals surface area contributed by atoms with Crippen LogP contribution in [0.2, 0.25) is 5.02 Å². The van der Waals surface area contributed by atoms with E-state index in [2.05, 4.69) is 22.2 Å². The largest absolute Gasteiger partial charge is 0.351 e. The molecule has 2 aromatic heterocycles. The molecule has 3 aromatic rings. The van der Waals surface area contributed by atoms with Gasteiger partial charge >= 0.3 is 0 Å². The molecule has 1 aromatic carbocycles. The fourth-order valence-electron chi connectivity index (χ4n) is 2.41. The highest BCUT2D eigenvalue weighted by Crippen LogP contribution is 2.20. The van der Waals surface area contributed by atoms with Gasteiger partial charge in [-0.3, -0.25) is 4.79 Å². The number of nitrogens with zero attached hydrogens (tertiary/aromatic N) is 2. The molecule has 0 unspecified atom stereocenters. The van der Waals surface area contributed by atoms with Gasteiger partial charge in [-0.05, 0) is 30.2 Å². The summed E-state index contributed by atoms with van der Waals surface area (Å²) in [6.07, 6.45) is 5.44. The lowest BCUT2D eigenvalue weighted by atomic mass is 10.2. The predicted molar refractivity (Wildman–Crippen MR) is 87.0 cm³/mol. The van der Waals surface area contributed by atoms with Crippen LogP contribution >= 0.6 is 11.6 Å². The highest BCUT2D eigenvalue weighted by Gasteiger charge is 2.11. The number of rotatable bonds is 5. The molecule has 0 fully saturated rings. The summed E-state index contributed by atoms with van der Waals surface area (Å²) < 4.78 is 2.00. The van der Waals surface area contributed by atoms with E-state index in [9.17, 15) is 4.79 Å². The van der Waals surface area contributed by atoms with Crippen molar-refractivity contribution in [2.45, 2.75) is 13.5 Å². The zero-order valence-corrected chi connectivity index (χ0v) is 13.0. The molecule has 22 heavy (non-hydrogen) atoms. The molecule has 0 radical (unpaired) electrons. The van der Waals surface area contributed by atoms with Gasteiger partial charge in [-0.15, -0.1) is 0 Å². The van der Waals surface area contributed by atoms with E-state index in [1.165, 1.54) is 0 Å². The van der Waals surface area contributed by atoms with Crippen LogP contribution in [0.25, 0.3) is 10.9 Å². The Hall–Kier alpha value is -2.27. The number of halogens is 1. The first kappa shape index (κ1) is 14.7. The molecule has 1 atom stereocenters. The molecule has 3 rings (SSSR count). The minimum atomic E-state index is -0.107. The van der Waals surface area contributed by atoms with Crippen molar-refractivity contribution in [3.63, 3.8) is 0 Å². The topological polar surface area (TPSA) is 62.7 Å². The molecule has 0 saturated carbocycles. The monoisotopic (exact) mass is 316 g/mol. The summed E-state index contributed by atoms with van der Waals surface area (Å²) in [5, 5.41) is 4.54. The number of H-pyrrole nitrogens is 1. The van der Waals surface area contributed by atoms with Crippen LogP contribution in [0.15, 0.2) is 43.0 Å². The van der Waals surface area contributed by atoms with Crippen molar-refractivity contribution in [2.75, 3.05) is 6.54 Å². The third-order valence-electron chi connectivity index (χ3n) is 3.52. The second kappa shape index (κ2) is 6.23. The number of carbonyl (C=O) groups is 1. The van der Waals surface area contributed by atoms with Crippen LogP contribution in [0.5, 0.6) is 0 Å². The average molecular weight is 317 g/mol. The van der Waals surface area contributed by atoms with E-state index in [4.69, 9.17) is 11.6 Å². The molecule has 6 heteroatoms. The molecule has 2 heterocycles. The van der Waals surface area contributed by atoms with E-state index in [0.717, 1.165) is 17.4 Å². The van der Waals surface area contributed by atoms with Gasteiger partial charge in [-0.25, -0.2) is 4.98 Å². The first-order valence-corrected chi connectivity index (χ1v) is 7.52. The Morgan fingerprint density at radius 2 is 2.32 bits per heavy atom. The smallest absolute Gasteiger partial charge is 0.267 e. The van der Waals surface area contributed by atoms with Gasteiger partial charge in [0.1, 0.15) is 5.69 Å². The standard InChI is InChI=1S/C16H17ClN4O/c1-11(9-21-5-4-18-10-21)8-19-16(22)15-7-12-6-13(17)2-3-14(12)20-15/h2-7,10-11,20H,8-9H2,1H3,(H,19,22)/t11-/m1/s1. The molecule has 0 aliphatic heterocycles. The van der Waals surface area contributed by atoms with Crippen LogP contribution in [-0.4, -0.2) is 27.0 Å². The second-order valence-electron chi connectivity index (χ2n) is 5.49. The number of fused-ring (bicyclic) bond motifs is 1. The summed E-state index contributed by atoms with van der Waals surface area (Å²) >= 11 is 5.96. The van der Waals surface area contributed by atoms with E-state index in [0.29, 0.717) is 23.2 Å². The molecule has 0 spiro atoms. The van der Waals surface area contributed by atoms with Crippen molar-refractivity contribution in [1.29, 1.82) is 0 Å². The van der Waals surface area contributed by atoms with Crippen molar-refractivity contribution < 1.29 is 4.79 Å². The number of aromatic amines is 1. The summed E-state index contributed by atoms with van der Waals surface area (Å²) in [6, 6.07) is 7.33. The molecular weight excluding hydrogens is 300 g/mol. The molecule has 0 aliphatic rings. The Kier molecular flexibility index (Phi) is 4.15. The normalized spacial score (nSPS) is 12.5. The van der Waals surface area contributed by atoms with Crippen molar-refractivity contribution in [1.82, 2.24) is 19.9 Å². The number of hydrogen-bond acceptors (Lipinski definition) is 2. The van der Waals surface area contributed by atoms with E-state index >= 15 is 0 Å². The summed E-state index contributed by atoms with van der Waals surface area (Å²) in [7, 11) is 0. The molecular formula is C16H17ClN4O. The van der Waals surface area contributed by atoms with E-state index in [1.54, 1.807) is 18.6 Å². The number of imidazole rings is 1. The third kappa shape index (κ3) is 3.31. The number of nitrogens with one attached hydrogen (secondary N) is 2. The molecule has 0 aliphatic carbocycles. The quantitative estimate of drug-likeness (QED) is 0.760. The summed E-state index contributed by atoms with van der Waals surface area (Å²) in [6.45, 7) is 3.51. The average Bonchev–Trinajstić information content (AvgIpc) is 3.13. The third-order valence-corrected chi connectivity index (χ3v) is 3.76. The Labute approximate surface area is 133 Å². The fraction of sp³-hybridized carbons (Fsp3) is 0.250. The number of aromatic nitrogens is 3. The number of carbonyl (C=O) groups excluding carboxylic acids is 1. The van der Waals surface area contributed by atoms with Crippen molar-refractivity contribution in [3.8, 4) is 0 Å². The summed E-state index contributed by atoms with van der Waals surface area (Å²) in [4.78, 5) is 19.3. The van der Waals surface area contributed by atoms with Crippen LogP contribution in [-0.2, 0) is 6.54 Å². The number of amides is 1. The van der Waals surface area contributed by atoms with Crippen LogP contribution in [0.1, 0.15) is 17.4 Å². The summed E-state index contributed by atoms with van der Waals surface area (Å²) in [5.74, 6) is 0.210. The van der Waals surface area contributed by atoms with Gasteiger partial charge in [0.05, 0.1) is 6.33 Å². The lowest BCUT2D eigenvalue weighted by Crippen LogP contribution is -2.30. The number of benzene rings is 1. The van der Waals surface area contributed by atoms with E-state index in [-0.39, 0.29) is 5.91 Å². The molecule has 1 amide bonds. The maximum atomic E-state index is 12.2. The molecule has 114 valence electrons. The maximum absolute atomic E-state index is 12.2. The molecule has 0 bridgehead atoms. The lowest BCUT2D eigenvalue weighted by molar-refractivity contribution is 0.0942. The van der Waals surface area contributed by atoms with Gasteiger partial charge in [-0.2, -0.15) is 0 Å². The molecule has 2 N–H and O–H groups in total. The van der Waals surface area contributed by atoms with Crippen molar-refractivity contribution in [2.24, 2.45) is 5.92 Å². The highest BCUT2D eigenvalue weighted by atomic mass is 35.5. The first-order chi connectivity index (χ1) is 10.6. The maximum Gasteiger partial charge on any atom is 0.267 e. The lowest BCUT2D eigenvalue weighted by Gasteiger charge is -2.12. The van der Waals surface area contributed by atoms with Gasteiger partial charge in [0, 0.05) is 41.4 Å². The van der Waals surface area contributed by atoms with Crippen LogP contribution in [0, 0.1) is 5.92 Å². The Morgan fingerprint density at radius 1 is 1.45 bits per heavy atom. The Bertz CT molecular complexity index is 779. The highest BCUT2D eigenvalue weighted by molar-refractivity contribution is 6.31. The Morgan fingerprint density at radius 3 is 3.09 bits per heavy atom. The van der Waals surface area contributed by atoms with Gasteiger partial charge < -0.3 is 14.9 Å². The van der Waals surface area contributed by atoms with E-state index in [1.807, 2.05) is 29.0 Å². The van der Waals surface area contributed by atoms with Crippen molar-refractivity contribution in [3.05, 3.63) is 53.7 Å². The zero-order valence-electron chi connectivity index (χ0n) is 12.2. The minimum absolute atomic E-state index is 0.107. The SMILES string of the molecule is C[C@H](CNC(=O)c1cc2cc(Cl)ccc2[nH]1)Cn1ccnc1.